The third kappa shape index (κ3) is 5.10. The Labute approximate surface area is 198 Å². The zero-order chi connectivity index (χ0) is 23.5. The van der Waals surface area contributed by atoms with Crippen molar-refractivity contribution in [2.45, 2.75) is 12.8 Å². The molecule has 2 aliphatic heterocycles. The topological polar surface area (TPSA) is 125 Å². The fraction of sp³-hybridized carbons (Fsp3) is 0.182. The molecule has 9 nitrogen and oxygen atoms in total. The van der Waals surface area contributed by atoms with Crippen molar-refractivity contribution in [1.82, 2.24) is 4.90 Å². The molecule has 0 saturated carbocycles. The first kappa shape index (κ1) is 22.6. The molecule has 4 rings (SSSR count). The molecule has 2 aromatic carbocycles. The number of aromatic hydroxyl groups is 1. The van der Waals surface area contributed by atoms with E-state index in [2.05, 4.69) is 5.32 Å². The van der Waals surface area contributed by atoms with Crippen LogP contribution in [0.5, 0.6) is 17.2 Å². The van der Waals surface area contributed by atoms with E-state index in [-0.39, 0.29) is 48.6 Å². The second-order valence-corrected chi connectivity index (χ2v) is 8.81. The van der Waals surface area contributed by atoms with Crippen molar-refractivity contribution in [3.05, 3.63) is 52.4 Å². The molecule has 0 aliphatic carbocycles. The van der Waals surface area contributed by atoms with Gasteiger partial charge in [-0.05, 0) is 48.4 Å². The van der Waals surface area contributed by atoms with E-state index in [0.717, 1.165) is 5.56 Å². The smallest absolute Gasteiger partial charge is 0.339 e. The number of phenols is 1. The van der Waals surface area contributed by atoms with Gasteiger partial charge in [-0.25, -0.2) is 4.79 Å². The number of carbonyl (C=O) groups is 3. The number of ether oxygens (including phenoxy) is 2. The first-order valence-corrected chi connectivity index (χ1v) is 11.1. The maximum atomic E-state index is 12.8. The van der Waals surface area contributed by atoms with Crippen LogP contribution in [0.2, 0.25) is 0 Å². The summed E-state index contributed by atoms with van der Waals surface area (Å²) in [5.41, 5.74) is 0.737. The number of hydrogen-bond donors (Lipinski definition) is 3. The van der Waals surface area contributed by atoms with Crippen LogP contribution in [0, 0.1) is 0 Å². The number of aromatic carboxylic acids is 1. The van der Waals surface area contributed by atoms with E-state index in [9.17, 15) is 19.5 Å². The van der Waals surface area contributed by atoms with Crippen LogP contribution in [0.15, 0.2) is 41.3 Å². The van der Waals surface area contributed by atoms with E-state index in [0.29, 0.717) is 27.1 Å². The first-order valence-electron chi connectivity index (χ1n) is 9.83. The van der Waals surface area contributed by atoms with Crippen molar-refractivity contribution in [2.24, 2.45) is 0 Å². The third-order valence-electron chi connectivity index (χ3n) is 4.86. The van der Waals surface area contributed by atoms with Gasteiger partial charge in [-0.2, -0.15) is 0 Å². The summed E-state index contributed by atoms with van der Waals surface area (Å²) in [6, 6.07) is 9.18. The Balaban J connectivity index is 1.32. The lowest BCUT2D eigenvalue weighted by molar-refractivity contribution is -0.122. The van der Waals surface area contributed by atoms with Gasteiger partial charge in [0.1, 0.15) is 15.6 Å². The van der Waals surface area contributed by atoms with Gasteiger partial charge < -0.3 is 25.0 Å². The Bertz CT molecular complexity index is 1200. The zero-order valence-electron chi connectivity index (χ0n) is 17.1. The molecule has 2 aliphatic rings. The lowest BCUT2D eigenvalue weighted by atomic mass is 10.1. The second-order valence-electron chi connectivity index (χ2n) is 7.13. The third-order valence-corrected chi connectivity index (χ3v) is 6.24. The van der Waals surface area contributed by atoms with Gasteiger partial charge in [-0.1, -0.05) is 30.0 Å². The van der Waals surface area contributed by atoms with Gasteiger partial charge >= 0.3 is 5.97 Å². The van der Waals surface area contributed by atoms with E-state index < -0.39 is 5.97 Å². The van der Waals surface area contributed by atoms with Crippen LogP contribution < -0.4 is 14.8 Å². The minimum Gasteiger partial charge on any atom is -0.507 e. The molecule has 11 heteroatoms. The summed E-state index contributed by atoms with van der Waals surface area (Å²) in [5.74, 6) is -0.986. The van der Waals surface area contributed by atoms with Crippen LogP contribution in [0.1, 0.15) is 28.8 Å². The maximum Gasteiger partial charge on any atom is 0.339 e. The molecule has 33 heavy (non-hydrogen) atoms. The predicted octanol–water partition coefficient (Wildman–Crippen LogP) is 3.44. The number of carboxylic acids is 1. The van der Waals surface area contributed by atoms with Gasteiger partial charge in [0.05, 0.1) is 4.91 Å². The summed E-state index contributed by atoms with van der Waals surface area (Å²) in [7, 11) is 0. The number of hydrogen-bond acceptors (Lipinski definition) is 8. The number of carbonyl (C=O) groups excluding carboxylic acids is 2. The summed E-state index contributed by atoms with van der Waals surface area (Å²) in [4.78, 5) is 38.0. The predicted molar refractivity (Wildman–Crippen MR) is 125 cm³/mol. The van der Waals surface area contributed by atoms with Crippen LogP contribution in [0.3, 0.4) is 0 Å². The van der Waals surface area contributed by atoms with Crippen LogP contribution in [-0.2, 0) is 9.59 Å². The number of thioether (sulfide) groups is 1. The summed E-state index contributed by atoms with van der Waals surface area (Å²) in [6.45, 7) is 0.439. The summed E-state index contributed by atoms with van der Waals surface area (Å²) in [5, 5.41) is 21.2. The fourth-order valence-electron chi connectivity index (χ4n) is 3.25. The minimum absolute atomic E-state index is 0.0988. The van der Waals surface area contributed by atoms with Crippen LogP contribution in [0.25, 0.3) is 6.08 Å². The molecule has 0 spiro atoms. The average Bonchev–Trinajstić information content (AvgIpc) is 3.34. The Morgan fingerprint density at radius 1 is 1.18 bits per heavy atom. The highest BCUT2D eigenvalue weighted by Gasteiger charge is 2.31. The van der Waals surface area contributed by atoms with Gasteiger partial charge in [-0.3, -0.25) is 14.5 Å². The van der Waals surface area contributed by atoms with E-state index in [1.807, 2.05) is 6.07 Å². The standard InChI is InChI=1S/C22H18N2O7S2/c25-15-5-4-13(10-14(15)21(28)29)23-19(26)2-1-7-24-20(27)18(33-22(24)32)9-12-3-6-16-17(8-12)31-11-30-16/h3-6,8-10,25H,1-2,7,11H2,(H,23,26)(H,28,29). The van der Waals surface area contributed by atoms with Crippen LogP contribution in [0.4, 0.5) is 5.69 Å². The van der Waals surface area contributed by atoms with Crippen LogP contribution >= 0.6 is 24.0 Å². The molecule has 1 fully saturated rings. The molecule has 0 aromatic heterocycles. The highest BCUT2D eigenvalue weighted by atomic mass is 32.2. The number of amides is 2. The van der Waals surface area contributed by atoms with E-state index >= 15 is 0 Å². The molecule has 2 heterocycles. The van der Waals surface area contributed by atoms with Crippen molar-refractivity contribution in [3.8, 4) is 17.2 Å². The molecular formula is C22H18N2O7S2. The number of nitrogens with zero attached hydrogens (tertiary/aromatic N) is 1. The fourth-order valence-corrected chi connectivity index (χ4v) is 4.56. The first-order chi connectivity index (χ1) is 15.8. The van der Waals surface area contributed by atoms with Gasteiger partial charge in [-0.15, -0.1) is 0 Å². The highest BCUT2D eigenvalue weighted by Crippen LogP contribution is 2.36. The van der Waals surface area contributed by atoms with Crippen molar-refractivity contribution in [1.29, 1.82) is 0 Å². The van der Waals surface area contributed by atoms with Crippen molar-refractivity contribution in [2.75, 3.05) is 18.7 Å². The molecule has 2 aromatic rings. The Kier molecular flexibility index (Phi) is 6.52. The number of carboxylic acid groups (broad SMARTS) is 1. The molecule has 1 saturated heterocycles. The van der Waals surface area contributed by atoms with E-state index in [1.165, 1.54) is 34.9 Å². The molecule has 2 amide bonds. The lowest BCUT2D eigenvalue weighted by Crippen LogP contribution is -2.29. The molecule has 0 radical (unpaired) electrons. The largest absolute Gasteiger partial charge is 0.507 e. The number of rotatable bonds is 7. The molecule has 0 unspecified atom stereocenters. The molecule has 0 bridgehead atoms. The van der Waals surface area contributed by atoms with Crippen molar-refractivity contribution >= 4 is 57.8 Å². The van der Waals surface area contributed by atoms with Gasteiger partial charge in [0, 0.05) is 18.7 Å². The average molecular weight is 487 g/mol. The van der Waals surface area contributed by atoms with Crippen molar-refractivity contribution in [3.63, 3.8) is 0 Å². The number of benzene rings is 2. The SMILES string of the molecule is O=C(CCCN1C(=O)C(=Cc2ccc3c(c2)OCO3)SC1=S)Nc1ccc(O)c(C(=O)O)c1. The second kappa shape index (κ2) is 9.51. The summed E-state index contributed by atoms with van der Waals surface area (Å²) in [6.07, 6.45) is 2.19. The Morgan fingerprint density at radius 2 is 1.97 bits per heavy atom. The lowest BCUT2D eigenvalue weighted by Gasteiger charge is -2.14. The normalized spacial score (nSPS) is 15.9. The Morgan fingerprint density at radius 3 is 2.76 bits per heavy atom. The Hall–Kier alpha value is -3.57. The van der Waals surface area contributed by atoms with Gasteiger partial charge in [0.25, 0.3) is 5.91 Å². The number of thiocarbonyl (C=S) groups is 1. The number of fused-ring (bicyclic) bond motifs is 1. The zero-order valence-corrected chi connectivity index (χ0v) is 18.7. The van der Waals surface area contributed by atoms with E-state index in [1.54, 1.807) is 18.2 Å². The maximum absolute atomic E-state index is 12.8. The number of nitrogens with one attached hydrogen (secondary N) is 1. The molecule has 3 N–H and O–H groups in total. The van der Waals surface area contributed by atoms with Gasteiger partial charge in [0.2, 0.25) is 12.7 Å². The molecule has 0 atom stereocenters. The summed E-state index contributed by atoms with van der Waals surface area (Å²) >= 11 is 6.52. The van der Waals surface area contributed by atoms with Crippen LogP contribution in [-0.4, -0.2) is 50.6 Å². The summed E-state index contributed by atoms with van der Waals surface area (Å²) < 4.78 is 11.1. The molecule has 170 valence electrons. The number of anilines is 1. The molecular weight excluding hydrogens is 468 g/mol. The quantitative estimate of drug-likeness (QED) is 0.307. The van der Waals surface area contributed by atoms with E-state index in [4.69, 9.17) is 26.8 Å². The highest BCUT2D eigenvalue weighted by molar-refractivity contribution is 8.26. The van der Waals surface area contributed by atoms with Gasteiger partial charge in [0.15, 0.2) is 11.5 Å². The minimum atomic E-state index is -1.30. The van der Waals surface area contributed by atoms with Crippen molar-refractivity contribution < 1.29 is 34.1 Å². The monoisotopic (exact) mass is 486 g/mol.